The van der Waals surface area contributed by atoms with Gasteiger partial charge >= 0.3 is 6.03 Å². The molecule has 6 nitrogen and oxygen atoms in total. The van der Waals surface area contributed by atoms with Gasteiger partial charge in [0.25, 0.3) is 0 Å². The molecular weight excluding hydrogens is 280 g/mol. The van der Waals surface area contributed by atoms with Crippen LogP contribution in [0.5, 0.6) is 0 Å². The Balaban J connectivity index is 1.71. The molecule has 1 aliphatic heterocycles. The third kappa shape index (κ3) is 5.27. The van der Waals surface area contributed by atoms with Gasteiger partial charge in [0.2, 0.25) is 0 Å². The molecule has 0 bridgehead atoms. The number of piperazine rings is 1. The number of amides is 2. The van der Waals surface area contributed by atoms with Gasteiger partial charge in [0.05, 0.1) is 0 Å². The quantitative estimate of drug-likeness (QED) is 0.825. The predicted molar refractivity (Wildman–Crippen MR) is 85.4 cm³/mol. The molecule has 1 fully saturated rings. The van der Waals surface area contributed by atoms with Crippen LogP contribution in [-0.4, -0.2) is 64.7 Å². The zero-order chi connectivity index (χ0) is 15.8. The number of rotatable bonds is 6. The molecule has 122 valence electrons. The van der Waals surface area contributed by atoms with Crippen molar-refractivity contribution in [1.82, 2.24) is 20.1 Å². The topological polar surface area (TPSA) is 68.7 Å². The van der Waals surface area contributed by atoms with Gasteiger partial charge in [-0.05, 0) is 37.5 Å². The zero-order valence-corrected chi connectivity index (χ0v) is 13.2. The van der Waals surface area contributed by atoms with Crippen LogP contribution in [0.2, 0.25) is 0 Å². The van der Waals surface area contributed by atoms with Gasteiger partial charge in [-0.2, -0.15) is 0 Å². The minimum absolute atomic E-state index is 0.00833. The predicted octanol–water partition coefficient (Wildman–Crippen LogP) is 1.07. The average Bonchev–Trinajstić information content (AvgIpc) is 2.54. The summed E-state index contributed by atoms with van der Waals surface area (Å²) in [5.41, 5.74) is 1.26. The summed E-state index contributed by atoms with van der Waals surface area (Å²) < 4.78 is 0. The number of nitrogens with one attached hydrogen (secondary N) is 1. The van der Waals surface area contributed by atoms with Crippen LogP contribution in [0.15, 0.2) is 24.5 Å². The molecule has 1 aliphatic rings. The largest absolute Gasteiger partial charge is 0.396 e. The fraction of sp³-hybridized carbons (Fsp3) is 0.625. The van der Waals surface area contributed by atoms with Gasteiger partial charge in [-0.25, -0.2) is 4.79 Å². The van der Waals surface area contributed by atoms with E-state index in [1.54, 1.807) is 0 Å². The van der Waals surface area contributed by atoms with Crippen molar-refractivity contribution in [3.05, 3.63) is 30.1 Å². The Morgan fingerprint density at radius 1 is 1.32 bits per heavy atom. The molecule has 0 aromatic carbocycles. The van der Waals surface area contributed by atoms with E-state index in [4.69, 9.17) is 5.11 Å². The number of hydrogen-bond donors (Lipinski definition) is 2. The highest BCUT2D eigenvalue weighted by Gasteiger charge is 2.21. The van der Waals surface area contributed by atoms with E-state index >= 15 is 0 Å². The normalized spacial score (nSPS) is 17.3. The number of aliphatic hydroxyl groups is 1. The molecule has 0 aliphatic carbocycles. The Morgan fingerprint density at radius 2 is 2.00 bits per heavy atom. The Labute approximate surface area is 132 Å². The highest BCUT2D eigenvalue weighted by Crippen LogP contribution is 2.08. The number of hydrogen-bond acceptors (Lipinski definition) is 4. The second-order valence-corrected chi connectivity index (χ2v) is 5.84. The minimum atomic E-state index is 0.00833. The van der Waals surface area contributed by atoms with E-state index < -0.39 is 0 Å². The van der Waals surface area contributed by atoms with Gasteiger partial charge in [0.1, 0.15) is 0 Å². The lowest BCUT2D eigenvalue weighted by atomic mass is 10.2. The molecule has 2 amide bonds. The van der Waals surface area contributed by atoms with Crippen molar-refractivity contribution < 1.29 is 9.90 Å². The lowest BCUT2D eigenvalue weighted by molar-refractivity contribution is 0.133. The van der Waals surface area contributed by atoms with Gasteiger partial charge in [0.15, 0.2) is 0 Å². The first-order valence-electron chi connectivity index (χ1n) is 7.96. The number of pyridine rings is 1. The van der Waals surface area contributed by atoms with Crippen molar-refractivity contribution in [3.8, 4) is 0 Å². The Kier molecular flexibility index (Phi) is 6.61. The average molecular weight is 306 g/mol. The van der Waals surface area contributed by atoms with Crippen LogP contribution < -0.4 is 5.32 Å². The fourth-order valence-corrected chi connectivity index (χ4v) is 2.63. The first-order chi connectivity index (χ1) is 10.7. The Morgan fingerprint density at radius 3 is 2.64 bits per heavy atom. The molecule has 0 saturated carbocycles. The number of aromatic nitrogens is 1. The summed E-state index contributed by atoms with van der Waals surface area (Å²) in [6.07, 6.45) is 5.16. The lowest BCUT2D eigenvalue weighted by Crippen LogP contribution is -2.52. The highest BCUT2D eigenvalue weighted by atomic mass is 16.3. The van der Waals surface area contributed by atoms with E-state index in [0.29, 0.717) is 0 Å². The smallest absolute Gasteiger partial charge is 0.317 e. The van der Waals surface area contributed by atoms with Crippen LogP contribution in [0.25, 0.3) is 0 Å². The molecule has 0 radical (unpaired) electrons. The Hall–Kier alpha value is -1.66. The van der Waals surface area contributed by atoms with E-state index in [1.165, 1.54) is 5.56 Å². The van der Waals surface area contributed by atoms with Gasteiger partial charge in [-0.3, -0.25) is 9.88 Å². The minimum Gasteiger partial charge on any atom is -0.396 e. The summed E-state index contributed by atoms with van der Waals surface area (Å²) in [4.78, 5) is 20.4. The van der Waals surface area contributed by atoms with Gasteiger partial charge < -0.3 is 15.3 Å². The van der Waals surface area contributed by atoms with Crippen LogP contribution in [0, 0.1) is 0 Å². The standard InChI is InChI=1S/C16H26N4O2/c1-14(3-2-12-21)18-16(22)20-10-8-19(9-11-20)13-15-4-6-17-7-5-15/h4-7,14,21H,2-3,8-13H2,1H3,(H,18,22). The van der Waals surface area contributed by atoms with Crippen molar-refractivity contribution in [2.75, 3.05) is 32.8 Å². The maximum absolute atomic E-state index is 12.2. The summed E-state index contributed by atoms with van der Waals surface area (Å²) in [6.45, 7) is 6.35. The number of carbonyl (C=O) groups excluding carboxylic acids is 1. The SMILES string of the molecule is CC(CCCO)NC(=O)N1CCN(Cc2ccncc2)CC1. The second-order valence-electron chi connectivity index (χ2n) is 5.84. The monoisotopic (exact) mass is 306 g/mol. The summed E-state index contributed by atoms with van der Waals surface area (Å²) in [7, 11) is 0. The lowest BCUT2D eigenvalue weighted by Gasteiger charge is -2.35. The molecule has 1 atom stereocenters. The maximum Gasteiger partial charge on any atom is 0.317 e. The molecular formula is C16H26N4O2. The summed E-state index contributed by atoms with van der Waals surface area (Å²) in [6, 6.07) is 4.17. The van der Waals surface area contributed by atoms with Crippen molar-refractivity contribution in [2.45, 2.75) is 32.4 Å². The van der Waals surface area contributed by atoms with Crippen LogP contribution in [0.1, 0.15) is 25.3 Å². The Bertz CT molecular complexity index is 447. The molecule has 0 spiro atoms. The third-order valence-corrected chi connectivity index (χ3v) is 3.98. The number of nitrogens with zero attached hydrogens (tertiary/aromatic N) is 3. The molecule has 2 rings (SSSR count). The summed E-state index contributed by atoms with van der Waals surface area (Å²) in [5.74, 6) is 0. The number of carbonyl (C=O) groups is 1. The van der Waals surface area contributed by atoms with Crippen molar-refractivity contribution in [3.63, 3.8) is 0 Å². The molecule has 22 heavy (non-hydrogen) atoms. The van der Waals surface area contributed by atoms with Crippen molar-refractivity contribution in [2.24, 2.45) is 0 Å². The molecule has 1 unspecified atom stereocenters. The van der Waals surface area contributed by atoms with Crippen LogP contribution >= 0.6 is 0 Å². The van der Waals surface area contributed by atoms with Gasteiger partial charge in [-0.1, -0.05) is 0 Å². The van der Waals surface area contributed by atoms with Crippen LogP contribution in [0.4, 0.5) is 4.79 Å². The first kappa shape index (κ1) is 16.7. The molecule has 6 heteroatoms. The molecule has 1 aromatic rings. The molecule has 2 heterocycles. The molecule has 2 N–H and O–H groups in total. The van der Waals surface area contributed by atoms with E-state index in [9.17, 15) is 4.79 Å². The summed E-state index contributed by atoms with van der Waals surface area (Å²) in [5, 5.41) is 11.8. The second kappa shape index (κ2) is 8.70. The van der Waals surface area contributed by atoms with Crippen molar-refractivity contribution in [1.29, 1.82) is 0 Å². The van der Waals surface area contributed by atoms with E-state index in [0.717, 1.165) is 45.6 Å². The van der Waals surface area contributed by atoms with E-state index in [2.05, 4.69) is 15.2 Å². The molecule has 1 saturated heterocycles. The van der Waals surface area contributed by atoms with Gasteiger partial charge in [0, 0.05) is 57.8 Å². The van der Waals surface area contributed by atoms with Crippen LogP contribution in [-0.2, 0) is 6.54 Å². The first-order valence-corrected chi connectivity index (χ1v) is 7.96. The highest BCUT2D eigenvalue weighted by molar-refractivity contribution is 5.74. The fourth-order valence-electron chi connectivity index (χ4n) is 2.63. The maximum atomic E-state index is 12.2. The van der Waals surface area contributed by atoms with Crippen LogP contribution in [0.3, 0.4) is 0 Å². The third-order valence-electron chi connectivity index (χ3n) is 3.98. The van der Waals surface area contributed by atoms with Crippen molar-refractivity contribution >= 4 is 6.03 Å². The van der Waals surface area contributed by atoms with E-state index in [-0.39, 0.29) is 18.7 Å². The zero-order valence-electron chi connectivity index (χ0n) is 13.2. The molecule has 1 aromatic heterocycles. The van der Waals surface area contributed by atoms with Gasteiger partial charge in [-0.15, -0.1) is 0 Å². The number of urea groups is 1. The summed E-state index contributed by atoms with van der Waals surface area (Å²) >= 11 is 0. The number of aliphatic hydroxyl groups excluding tert-OH is 1. The van der Waals surface area contributed by atoms with E-state index in [1.807, 2.05) is 36.4 Å².